The molecule has 0 amide bonds. The molecule has 2 aromatic heterocycles. The maximum atomic E-state index is 5.04. The Morgan fingerprint density at radius 3 is 1.67 bits per heavy atom. The molecule has 3 nitrogen and oxygen atoms in total. The van der Waals surface area contributed by atoms with Crippen molar-refractivity contribution in [3.63, 3.8) is 0 Å². The van der Waals surface area contributed by atoms with Crippen LogP contribution in [0, 0.1) is 0 Å². The maximum Gasteiger partial charge on any atom is 0.165 e. The summed E-state index contributed by atoms with van der Waals surface area (Å²) in [5.74, 6) is 0.170. The van der Waals surface area contributed by atoms with Gasteiger partial charge in [-0.15, -0.1) is 0 Å². The van der Waals surface area contributed by atoms with E-state index in [1.807, 2.05) is 24.3 Å². The molecular formula is C33H23N3. The Morgan fingerprint density at radius 1 is 0.472 bits per heavy atom. The lowest BCUT2D eigenvalue weighted by Crippen LogP contribution is -2.04. The fourth-order valence-electron chi connectivity index (χ4n) is 5.26. The molecule has 0 aliphatic rings. The third-order valence-electron chi connectivity index (χ3n) is 6.91. The quantitative estimate of drug-likeness (QED) is 0.249. The Balaban J connectivity index is 1.41. The molecule has 170 valence electrons. The Bertz CT molecular complexity index is 1780. The summed E-state index contributed by atoms with van der Waals surface area (Å²) in [6.45, 7) is 0. The predicted octanol–water partition coefficient (Wildman–Crippen LogP) is 7.91. The van der Waals surface area contributed by atoms with E-state index < -0.39 is 0 Å². The molecule has 0 radical (unpaired) electrons. The zero-order valence-electron chi connectivity index (χ0n) is 19.6. The van der Waals surface area contributed by atoms with Crippen molar-refractivity contribution >= 4 is 33.1 Å². The number of fused-ring (bicyclic) bond motifs is 4. The van der Waals surface area contributed by atoms with Crippen molar-refractivity contribution in [1.29, 1.82) is 0 Å². The molecule has 0 saturated carbocycles. The SMILES string of the molecule is c1ccc(C(c2ccccc2)c2ccc(-n3c4ccccc4c4nc5ccccc5nc43)cc2)cc1. The van der Waals surface area contributed by atoms with Crippen LogP contribution in [0.4, 0.5) is 0 Å². The van der Waals surface area contributed by atoms with E-state index in [1.54, 1.807) is 0 Å². The number of hydrogen-bond acceptors (Lipinski definition) is 2. The van der Waals surface area contributed by atoms with E-state index in [2.05, 4.69) is 114 Å². The van der Waals surface area contributed by atoms with Crippen molar-refractivity contribution in [2.45, 2.75) is 5.92 Å². The van der Waals surface area contributed by atoms with Gasteiger partial charge in [0.2, 0.25) is 0 Å². The molecule has 7 aromatic rings. The van der Waals surface area contributed by atoms with Gasteiger partial charge in [0.1, 0.15) is 5.52 Å². The Hall–Kier alpha value is -4.76. The minimum atomic E-state index is 0.170. The fourth-order valence-corrected chi connectivity index (χ4v) is 5.26. The van der Waals surface area contributed by atoms with Crippen molar-refractivity contribution in [3.05, 3.63) is 150 Å². The highest BCUT2D eigenvalue weighted by Crippen LogP contribution is 2.34. The van der Waals surface area contributed by atoms with Gasteiger partial charge in [0, 0.05) is 17.0 Å². The minimum Gasteiger partial charge on any atom is -0.293 e. The maximum absolute atomic E-state index is 5.04. The fraction of sp³-hybridized carbons (Fsp3) is 0.0303. The van der Waals surface area contributed by atoms with Crippen molar-refractivity contribution in [2.24, 2.45) is 0 Å². The van der Waals surface area contributed by atoms with E-state index in [4.69, 9.17) is 9.97 Å². The first-order valence-electron chi connectivity index (χ1n) is 12.2. The molecule has 36 heavy (non-hydrogen) atoms. The smallest absolute Gasteiger partial charge is 0.165 e. The number of nitrogens with zero attached hydrogens (tertiary/aromatic N) is 3. The van der Waals surface area contributed by atoms with Crippen LogP contribution in [-0.4, -0.2) is 14.5 Å². The molecular weight excluding hydrogens is 438 g/mol. The third-order valence-corrected chi connectivity index (χ3v) is 6.91. The highest BCUT2D eigenvalue weighted by atomic mass is 15.1. The first-order valence-corrected chi connectivity index (χ1v) is 12.2. The Morgan fingerprint density at radius 2 is 1.00 bits per heavy atom. The third kappa shape index (κ3) is 3.37. The van der Waals surface area contributed by atoms with Gasteiger partial charge in [-0.3, -0.25) is 4.57 Å². The van der Waals surface area contributed by atoms with Crippen LogP contribution in [-0.2, 0) is 0 Å². The van der Waals surface area contributed by atoms with Gasteiger partial charge in [0.25, 0.3) is 0 Å². The van der Waals surface area contributed by atoms with Gasteiger partial charge in [-0.1, -0.05) is 103 Å². The molecule has 0 N–H and O–H groups in total. The summed E-state index contributed by atoms with van der Waals surface area (Å²) in [5, 5.41) is 1.11. The zero-order chi connectivity index (χ0) is 23.9. The lowest BCUT2D eigenvalue weighted by Gasteiger charge is -2.19. The van der Waals surface area contributed by atoms with Gasteiger partial charge in [-0.05, 0) is 47.0 Å². The molecule has 0 bridgehead atoms. The number of rotatable bonds is 4. The van der Waals surface area contributed by atoms with Gasteiger partial charge in [-0.2, -0.15) is 0 Å². The standard InChI is InChI=1S/C33H23N3/c1-3-11-23(12-4-1)31(24-13-5-2-6-14-24)25-19-21-26(22-20-25)36-30-18-10-7-15-27(30)32-33(36)35-29-17-9-8-16-28(29)34-32/h1-22,31H. The molecule has 0 saturated heterocycles. The van der Waals surface area contributed by atoms with E-state index in [0.717, 1.165) is 38.8 Å². The molecule has 5 aromatic carbocycles. The second kappa shape index (κ2) is 8.47. The second-order valence-corrected chi connectivity index (χ2v) is 9.08. The highest BCUT2D eigenvalue weighted by Gasteiger charge is 2.18. The first kappa shape index (κ1) is 20.6. The van der Waals surface area contributed by atoms with E-state index in [-0.39, 0.29) is 5.92 Å². The van der Waals surface area contributed by atoms with E-state index in [1.165, 1.54) is 16.7 Å². The van der Waals surface area contributed by atoms with Gasteiger partial charge in [0.15, 0.2) is 5.65 Å². The Labute approximate surface area is 209 Å². The predicted molar refractivity (Wildman–Crippen MR) is 148 cm³/mol. The average molecular weight is 462 g/mol. The topological polar surface area (TPSA) is 30.7 Å². The molecule has 0 atom stereocenters. The molecule has 3 heteroatoms. The van der Waals surface area contributed by atoms with Gasteiger partial charge in [0.05, 0.1) is 16.6 Å². The van der Waals surface area contributed by atoms with E-state index >= 15 is 0 Å². The molecule has 7 rings (SSSR count). The highest BCUT2D eigenvalue weighted by molar-refractivity contribution is 6.07. The molecule has 0 aliphatic carbocycles. The number of aromatic nitrogens is 3. The van der Waals surface area contributed by atoms with Gasteiger partial charge >= 0.3 is 0 Å². The van der Waals surface area contributed by atoms with Crippen LogP contribution in [0.2, 0.25) is 0 Å². The summed E-state index contributed by atoms with van der Waals surface area (Å²) in [6.07, 6.45) is 0. The largest absolute Gasteiger partial charge is 0.293 e. The first-order chi connectivity index (χ1) is 17.9. The van der Waals surface area contributed by atoms with Crippen molar-refractivity contribution < 1.29 is 0 Å². The van der Waals surface area contributed by atoms with Crippen LogP contribution in [0.5, 0.6) is 0 Å². The van der Waals surface area contributed by atoms with Crippen LogP contribution in [0.15, 0.2) is 133 Å². The lowest BCUT2D eigenvalue weighted by atomic mass is 9.85. The summed E-state index contributed by atoms with van der Waals surface area (Å²) >= 11 is 0. The van der Waals surface area contributed by atoms with Crippen LogP contribution in [0.25, 0.3) is 38.8 Å². The van der Waals surface area contributed by atoms with Crippen LogP contribution in [0.3, 0.4) is 0 Å². The monoisotopic (exact) mass is 461 g/mol. The van der Waals surface area contributed by atoms with Crippen molar-refractivity contribution in [1.82, 2.24) is 14.5 Å². The number of benzene rings is 5. The number of para-hydroxylation sites is 3. The summed E-state index contributed by atoms with van der Waals surface area (Å²) in [6, 6.07) is 46.8. The van der Waals surface area contributed by atoms with Crippen molar-refractivity contribution in [2.75, 3.05) is 0 Å². The number of hydrogen-bond donors (Lipinski definition) is 0. The van der Waals surface area contributed by atoms with Crippen LogP contribution in [0.1, 0.15) is 22.6 Å². The summed E-state index contributed by atoms with van der Waals surface area (Å²) < 4.78 is 2.23. The van der Waals surface area contributed by atoms with Crippen LogP contribution >= 0.6 is 0 Å². The molecule has 0 aliphatic heterocycles. The van der Waals surface area contributed by atoms with Crippen LogP contribution < -0.4 is 0 Å². The van der Waals surface area contributed by atoms with Crippen molar-refractivity contribution in [3.8, 4) is 5.69 Å². The second-order valence-electron chi connectivity index (χ2n) is 9.08. The zero-order valence-corrected chi connectivity index (χ0v) is 19.6. The normalized spacial score (nSPS) is 11.6. The summed E-state index contributed by atoms with van der Waals surface area (Å²) in [5.41, 5.74) is 9.64. The minimum absolute atomic E-state index is 0.170. The van der Waals surface area contributed by atoms with Gasteiger partial charge in [-0.25, -0.2) is 9.97 Å². The molecule has 0 fully saturated rings. The van der Waals surface area contributed by atoms with Gasteiger partial charge < -0.3 is 0 Å². The molecule has 0 spiro atoms. The van der Waals surface area contributed by atoms with E-state index in [9.17, 15) is 0 Å². The average Bonchev–Trinajstić information content (AvgIpc) is 3.27. The summed E-state index contributed by atoms with van der Waals surface area (Å²) in [4.78, 5) is 10.0. The molecule has 0 unspecified atom stereocenters. The lowest BCUT2D eigenvalue weighted by molar-refractivity contribution is 0.974. The Kier molecular flexibility index (Phi) is 4.85. The molecule has 2 heterocycles. The van der Waals surface area contributed by atoms with E-state index in [0.29, 0.717) is 0 Å². The summed E-state index contributed by atoms with van der Waals surface area (Å²) in [7, 11) is 0.